The summed E-state index contributed by atoms with van der Waals surface area (Å²) in [4.78, 5) is 40.8. The van der Waals surface area contributed by atoms with E-state index in [0.29, 0.717) is 17.7 Å². The Bertz CT molecular complexity index is 932. The van der Waals surface area contributed by atoms with Crippen molar-refractivity contribution in [3.8, 4) is 0 Å². The number of hydrogen-bond donors (Lipinski definition) is 0. The van der Waals surface area contributed by atoms with E-state index in [0.717, 1.165) is 5.56 Å². The number of nitrogens with zero attached hydrogens (tertiary/aromatic N) is 1. The molecule has 0 bridgehead atoms. The molecular weight excluding hydrogens is 382 g/mol. The normalized spacial score (nSPS) is 18.5. The lowest BCUT2D eigenvalue weighted by Crippen LogP contribution is -2.56. The first-order valence-corrected chi connectivity index (χ1v) is 10.1. The summed E-state index contributed by atoms with van der Waals surface area (Å²) in [6.07, 6.45) is -0.290. The number of ketones is 1. The monoisotopic (exact) mass is 409 g/mol. The van der Waals surface area contributed by atoms with Crippen LogP contribution < -0.4 is 4.90 Å². The Hall–Kier alpha value is -3.15. The number of fused-ring (bicyclic) bond motifs is 1. The molecule has 2 aromatic carbocycles. The molecule has 2 aromatic rings. The van der Waals surface area contributed by atoms with E-state index in [1.807, 2.05) is 30.3 Å². The van der Waals surface area contributed by atoms with Gasteiger partial charge in [0.05, 0.1) is 18.3 Å². The van der Waals surface area contributed by atoms with E-state index in [1.165, 1.54) is 4.90 Å². The van der Waals surface area contributed by atoms with Crippen LogP contribution in [-0.4, -0.2) is 36.1 Å². The van der Waals surface area contributed by atoms with Crippen LogP contribution in [0.4, 0.5) is 10.5 Å². The number of Topliss-reactive ketones (excluding diaryl/α,β-unsaturated/α-hetero) is 1. The second-order valence-electron chi connectivity index (χ2n) is 8.22. The average Bonchev–Trinajstić information content (AvgIpc) is 2.68. The van der Waals surface area contributed by atoms with Gasteiger partial charge >= 0.3 is 12.1 Å². The molecule has 158 valence electrons. The highest BCUT2D eigenvalue weighted by Crippen LogP contribution is 2.37. The smallest absolute Gasteiger partial charge is 0.415 e. The lowest BCUT2D eigenvalue weighted by molar-refractivity contribution is -0.146. The molecule has 6 heteroatoms. The lowest BCUT2D eigenvalue weighted by Gasteiger charge is -2.40. The number of para-hydroxylation sites is 1. The number of benzene rings is 2. The molecule has 2 atom stereocenters. The van der Waals surface area contributed by atoms with Crippen molar-refractivity contribution in [1.29, 1.82) is 0 Å². The highest BCUT2D eigenvalue weighted by atomic mass is 16.6. The largest absolute Gasteiger partial charge is 0.465 e. The molecule has 0 saturated carbocycles. The molecule has 30 heavy (non-hydrogen) atoms. The molecule has 6 nitrogen and oxygen atoms in total. The molecule has 0 aromatic heterocycles. The first-order valence-electron chi connectivity index (χ1n) is 10.1. The van der Waals surface area contributed by atoms with Crippen LogP contribution in [-0.2, 0) is 20.7 Å². The SMILES string of the molecule is CCOC(=O)C1C(=O)c2ccccc2N(C(=O)OC(C)(C)C)C1Cc1ccccc1. The van der Waals surface area contributed by atoms with Gasteiger partial charge in [-0.15, -0.1) is 0 Å². The maximum atomic E-state index is 13.3. The van der Waals surface area contributed by atoms with Crippen LogP contribution in [0.25, 0.3) is 0 Å². The molecule has 1 aliphatic rings. The summed E-state index contributed by atoms with van der Waals surface area (Å²) in [5.41, 5.74) is 0.922. The zero-order valence-corrected chi connectivity index (χ0v) is 17.8. The van der Waals surface area contributed by atoms with Gasteiger partial charge < -0.3 is 9.47 Å². The third-order valence-corrected chi connectivity index (χ3v) is 4.85. The van der Waals surface area contributed by atoms with Crippen LogP contribution in [0, 0.1) is 5.92 Å². The van der Waals surface area contributed by atoms with Crippen molar-refractivity contribution in [2.24, 2.45) is 5.92 Å². The Morgan fingerprint density at radius 1 is 1.00 bits per heavy atom. The minimum absolute atomic E-state index is 0.148. The van der Waals surface area contributed by atoms with Crippen LogP contribution in [0.1, 0.15) is 43.6 Å². The van der Waals surface area contributed by atoms with Gasteiger partial charge in [0.25, 0.3) is 0 Å². The first-order chi connectivity index (χ1) is 14.2. The highest BCUT2D eigenvalue weighted by Gasteiger charge is 2.48. The van der Waals surface area contributed by atoms with Gasteiger partial charge in [-0.25, -0.2) is 4.79 Å². The number of esters is 1. The third-order valence-electron chi connectivity index (χ3n) is 4.85. The predicted octanol–water partition coefficient (Wildman–Crippen LogP) is 4.42. The Balaban J connectivity index is 2.14. The summed E-state index contributed by atoms with van der Waals surface area (Å²) in [6, 6.07) is 15.5. The zero-order chi connectivity index (χ0) is 21.9. The Kier molecular flexibility index (Phi) is 6.25. The zero-order valence-electron chi connectivity index (χ0n) is 17.8. The minimum atomic E-state index is -1.13. The van der Waals surface area contributed by atoms with Crippen molar-refractivity contribution < 1.29 is 23.9 Å². The molecule has 1 heterocycles. The number of anilines is 1. The van der Waals surface area contributed by atoms with Crippen LogP contribution >= 0.6 is 0 Å². The fourth-order valence-corrected chi connectivity index (χ4v) is 3.67. The van der Waals surface area contributed by atoms with E-state index in [2.05, 4.69) is 0 Å². The van der Waals surface area contributed by atoms with Crippen LogP contribution in [0.15, 0.2) is 54.6 Å². The number of hydrogen-bond acceptors (Lipinski definition) is 5. The summed E-state index contributed by atoms with van der Waals surface area (Å²) in [7, 11) is 0. The number of rotatable bonds is 4. The average molecular weight is 409 g/mol. The predicted molar refractivity (Wildman–Crippen MR) is 114 cm³/mol. The van der Waals surface area contributed by atoms with E-state index in [1.54, 1.807) is 52.0 Å². The van der Waals surface area contributed by atoms with Gasteiger partial charge in [-0.2, -0.15) is 0 Å². The molecule has 0 N–H and O–H groups in total. The molecule has 1 amide bonds. The number of carbonyl (C=O) groups excluding carboxylic acids is 3. The van der Waals surface area contributed by atoms with Crippen LogP contribution in [0.5, 0.6) is 0 Å². The molecule has 0 radical (unpaired) electrons. The van der Waals surface area contributed by atoms with Gasteiger partial charge in [-0.3, -0.25) is 14.5 Å². The summed E-state index contributed by atoms with van der Waals surface area (Å²) in [5, 5.41) is 0. The van der Waals surface area contributed by atoms with E-state index in [9.17, 15) is 14.4 Å². The molecule has 3 rings (SSSR count). The fraction of sp³-hybridized carbons (Fsp3) is 0.375. The quantitative estimate of drug-likeness (QED) is 0.552. The molecule has 2 unspecified atom stereocenters. The Morgan fingerprint density at radius 3 is 2.27 bits per heavy atom. The van der Waals surface area contributed by atoms with E-state index in [4.69, 9.17) is 9.47 Å². The number of ether oxygens (including phenoxy) is 2. The standard InChI is InChI=1S/C24H27NO5/c1-5-29-22(27)20-19(15-16-11-7-6-8-12-16)25(23(28)30-24(2,3)4)18-14-10-9-13-17(18)21(20)26/h6-14,19-20H,5,15H2,1-4H3. The van der Waals surface area contributed by atoms with Crippen LogP contribution in [0.2, 0.25) is 0 Å². The van der Waals surface area contributed by atoms with Gasteiger partial charge in [0, 0.05) is 5.56 Å². The molecule has 0 aliphatic carbocycles. The molecule has 0 saturated heterocycles. The second kappa shape index (κ2) is 8.69. The van der Waals surface area contributed by atoms with Crippen LogP contribution in [0.3, 0.4) is 0 Å². The maximum Gasteiger partial charge on any atom is 0.415 e. The number of carbonyl (C=O) groups is 3. The van der Waals surface area contributed by atoms with E-state index in [-0.39, 0.29) is 12.4 Å². The van der Waals surface area contributed by atoms with Gasteiger partial charge in [0.2, 0.25) is 0 Å². The first kappa shape index (κ1) is 21.6. The molecular formula is C24H27NO5. The number of amides is 1. The van der Waals surface area contributed by atoms with Crippen molar-refractivity contribution in [2.45, 2.75) is 45.8 Å². The van der Waals surface area contributed by atoms with Crippen molar-refractivity contribution in [2.75, 3.05) is 11.5 Å². The summed E-state index contributed by atoms with van der Waals surface area (Å²) in [5.74, 6) is -2.11. The Morgan fingerprint density at radius 2 is 1.63 bits per heavy atom. The van der Waals surface area contributed by atoms with Crippen molar-refractivity contribution in [3.05, 3.63) is 65.7 Å². The van der Waals surface area contributed by atoms with E-state index < -0.39 is 29.6 Å². The van der Waals surface area contributed by atoms with Gasteiger partial charge in [0.1, 0.15) is 11.5 Å². The van der Waals surface area contributed by atoms with E-state index >= 15 is 0 Å². The fourth-order valence-electron chi connectivity index (χ4n) is 3.67. The summed E-state index contributed by atoms with van der Waals surface area (Å²) < 4.78 is 10.9. The summed E-state index contributed by atoms with van der Waals surface area (Å²) >= 11 is 0. The molecule has 0 spiro atoms. The van der Waals surface area contributed by atoms with Crippen molar-refractivity contribution in [3.63, 3.8) is 0 Å². The molecule has 0 fully saturated rings. The van der Waals surface area contributed by atoms with Crippen molar-refractivity contribution in [1.82, 2.24) is 0 Å². The third kappa shape index (κ3) is 4.53. The topological polar surface area (TPSA) is 72.9 Å². The maximum absolute atomic E-state index is 13.3. The van der Waals surface area contributed by atoms with Crippen molar-refractivity contribution >= 4 is 23.5 Å². The van der Waals surface area contributed by atoms with Gasteiger partial charge in [-0.1, -0.05) is 42.5 Å². The summed E-state index contributed by atoms with van der Waals surface area (Å²) in [6.45, 7) is 7.18. The highest BCUT2D eigenvalue weighted by molar-refractivity contribution is 6.16. The Labute approximate surface area is 176 Å². The minimum Gasteiger partial charge on any atom is -0.465 e. The molecule has 1 aliphatic heterocycles. The second-order valence-corrected chi connectivity index (χ2v) is 8.22. The van der Waals surface area contributed by atoms with Gasteiger partial charge in [-0.05, 0) is 51.8 Å². The lowest BCUT2D eigenvalue weighted by atomic mass is 9.81. The van der Waals surface area contributed by atoms with Gasteiger partial charge in [0.15, 0.2) is 5.78 Å².